The van der Waals surface area contributed by atoms with E-state index in [9.17, 15) is 4.39 Å². The zero-order chi connectivity index (χ0) is 21.7. The van der Waals surface area contributed by atoms with Crippen LogP contribution in [0.15, 0.2) is 53.5 Å². The molecule has 1 aliphatic rings. The van der Waals surface area contributed by atoms with Crippen LogP contribution >= 0.6 is 24.0 Å². The first-order chi connectivity index (χ1) is 15.2. The SMILES string of the molecule is CCNC(=NCc1ccc(OCc2cccc(F)c2)cc1)NCCCOC1CCOC1.I. The van der Waals surface area contributed by atoms with Gasteiger partial charge in [0.05, 0.1) is 19.3 Å². The maximum atomic E-state index is 13.2. The van der Waals surface area contributed by atoms with E-state index in [1.165, 1.54) is 12.1 Å². The Morgan fingerprint density at radius 2 is 2.00 bits per heavy atom. The molecular formula is C24H33FIN3O3. The third kappa shape index (κ3) is 9.70. The molecule has 1 heterocycles. The fourth-order valence-electron chi connectivity index (χ4n) is 3.17. The second-order valence-electron chi connectivity index (χ2n) is 7.39. The molecule has 1 fully saturated rings. The molecular weight excluding hydrogens is 524 g/mol. The van der Waals surface area contributed by atoms with Crippen LogP contribution in [0.25, 0.3) is 0 Å². The highest BCUT2D eigenvalue weighted by atomic mass is 127. The van der Waals surface area contributed by atoms with E-state index in [1.807, 2.05) is 37.3 Å². The Labute approximate surface area is 207 Å². The van der Waals surface area contributed by atoms with Crippen molar-refractivity contribution < 1.29 is 18.6 Å². The molecule has 1 atom stereocenters. The van der Waals surface area contributed by atoms with Gasteiger partial charge < -0.3 is 24.8 Å². The van der Waals surface area contributed by atoms with Crippen LogP contribution in [0.4, 0.5) is 4.39 Å². The number of benzene rings is 2. The molecule has 1 saturated heterocycles. The lowest BCUT2D eigenvalue weighted by atomic mass is 10.2. The topological polar surface area (TPSA) is 64.1 Å². The second kappa shape index (κ2) is 15.0. The quantitative estimate of drug-likeness (QED) is 0.187. The molecule has 3 rings (SSSR count). The molecule has 0 aromatic heterocycles. The third-order valence-corrected chi connectivity index (χ3v) is 4.84. The maximum absolute atomic E-state index is 13.2. The number of guanidine groups is 1. The summed E-state index contributed by atoms with van der Waals surface area (Å²) in [6.07, 6.45) is 2.16. The molecule has 176 valence electrons. The molecule has 0 amide bonds. The number of nitrogens with one attached hydrogen (secondary N) is 2. The summed E-state index contributed by atoms with van der Waals surface area (Å²) < 4.78 is 30.1. The summed E-state index contributed by atoms with van der Waals surface area (Å²) in [7, 11) is 0. The van der Waals surface area contributed by atoms with E-state index >= 15 is 0 Å². The van der Waals surface area contributed by atoms with E-state index < -0.39 is 0 Å². The normalized spacial score (nSPS) is 15.8. The number of nitrogens with zero attached hydrogens (tertiary/aromatic N) is 1. The Kier molecular flexibility index (Phi) is 12.4. The standard InChI is InChI=1S/C24H32FN3O3.HI/c1-2-26-24(27-12-4-13-30-23-11-14-29-18-23)28-16-19-7-9-22(10-8-19)31-17-20-5-3-6-21(25)15-20;/h3,5-10,15,23H,2,4,11-14,16-18H2,1H3,(H2,26,27,28);1H. The van der Waals surface area contributed by atoms with Gasteiger partial charge in [0.15, 0.2) is 5.96 Å². The average Bonchev–Trinajstić information content (AvgIpc) is 3.30. The van der Waals surface area contributed by atoms with Crippen molar-refractivity contribution in [2.75, 3.05) is 32.9 Å². The molecule has 0 spiro atoms. The van der Waals surface area contributed by atoms with Crippen LogP contribution in [0, 0.1) is 5.82 Å². The molecule has 0 radical (unpaired) electrons. The average molecular weight is 557 g/mol. The Balaban J connectivity index is 0.00000363. The molecule has 2 aromatic carbocycles. The Bertz CT molecular complexity index is 814. The highest BCUT2D eigenvalue weighted by molar-refractivity contribution is 14.0. The van der Waals surface area contributed by atoms with Crippen molar-refractivity contribution >= 4 is 29.9 Å². The summed E-state index contributed by atoms with van der Waals surface area (Å²) in [5.41, 5.74) is 1.89. The largest absolute Gasteiger partial charge is 0.489 e. The first-order valence-corrected chi connectivity index (χ1v) is 10.9. The van der Waals surface area contributed by atoms with Crippen molar-refractivity contribution in [1.82, 2.24) is 10.6 Å². The molecule has 2 N–H and O–H groups in total. The summed E-state index contributed by atoms with van der Waals surface area (Å²) in [6.45, 7) is 6.78. The van der Waals surface area contributed by atoms with Crippen LogP contribution in [-0.4, -0.2) is 45.0 Å². The van der Waals surface area contributed by atoms with Gasteiger partial charge in [0.2, 0.25) is 0 Å². The van der Waals surface area contributed by atoms with E-state index in [-0.39, 0.29) is 35.9 Å². The van der Waals surface area contributed by atoms with Gasteiger partial charge in [0, 0.05) is 26.3 Å². The van der Waals surface area contributed by atoms with Crippen molar-refractivity contribution in [3.63, 3.8) is 0 Å². The summed E-state index contributed by atoms with van der Waals surface area (Å²) in [5, 5.41) is 6.61. The first-order valence-electron chi connectivity index (χ1n) is 10.9. The zero-order valence-corrected chi connectivity index (χ0v) is 20.8. The molecule has 0 saturated carbocycles. The molecule has 0 aliphatic carbocycles. The van der Waals surface area contributed by atoms with E-state index in [0.717, 1.165) is 62.0 Å². The first kappa shape index (κ1) is 26.3. The van der Waals surface area contributed by atoms with Gasteiger partial charge in [0.25, 0.3) is 0 Å². The zero-order valence-electron chi connectivity index (χ0n) is 18.5. The lowest BCUT2D eigenvalue weighted by Crippen LogP contribution is -2.38. The van der Waals surface area contributed by atoms with Crippen molar-refractivity contribution in [3.05, 3.63) is 65.5 Å². The van der Waals surface area contributed by atoms with Gasteiger partial charge in [-0.3, -0.25) is 0 Å². The molecule has 8 heteroatoms. The molecule has 0 bridgehead atoms. The predicted octanol–water partition coefficient (Wildman–Crippen LogP) is 4.27. The van der Waals surface area contributed by atoms with Crippen LogP contribution in [-0.2, 0) is 22.6 Å². The number of hydrogen-bond donors (Lipinski definition) is 2. The summed E-state index contributed by atoms with van der Waals surface area (Å²) in [4.78, 5) is 4.64. The van der Waals surface area contributed by atoms with E-state index in [0.29, 0.717) is 19.8 Å². The van der Waals surface area contributed by atoms with Crippen molar-refractivity contribution in [3.8, 4) is 5.75 Å². The number of halogens is 2. The van der Waals surface area contributed by atoms with Gasteiger partial charge in [-0.05, 0) is 55.2 Å². The fraction of sp³-hybridized carbons (Fsp3) is 0.458. The number of hydrogen-bond acceptors (Lipinski definition) is 4. The maximum Gasteiger partial charge on any atom is 0.191 e. The number of aliphatic imine (C=N–C) groups is 1. The fourth-order valence-corrected chi connectivity index (χ4v) is 3.17. The van der Waals surface area contributed by atoms with Gasteiger partial charge in [-0.15, -0.1) is 24.0 Å². The van der Waals surface area contributed by atoms with Crippen LogP contribution in [0.1, 0.15) is 30.9 Å². The van der Waals surface area contributed by atoms with E-state index in [2.05, 4.69) is 15.6 Å². The van der Waals surface area contributed by atoms with Crippen LogP contribution in [0.3, 0.4) is 0 Å². The number of ether oxygens (including phenoxy) is 3. The van der Waals surface area contributed by atoms with Crippen molar-refractivity contribution in [2.45, 2.75) is 39.0 Å². The highest BCUT2D eigenvalue weighted by Crippen LogP contribution is 2.15. The van der Waals surface area contributed by atoms with Crippen LogP contribution < -0.4 is 15.4 Å². The second-order valence-corrected chi connectivity index (χ2v) is 7.39. The van der Waals surface area contributed by atoms with Gasteiger partial charge in [-0.25, -0.2) is 9.38 Å². The van der Waals surface area contributed by atoms with Crippen LogP contribution in [0.2, 0.25) is 0 Å². The Morgan fingerprint density at radius 1 is 1.16 bits per heavy atom. The summed E-state index contributed by atoms with van der Waals surface area (Å²) >= 11 is 0. The molecule has 2 aromatic rings. The Morgan fingerprint density at radius 3 is 2.72 bits per heavy atom. The summed E-state index contributed by atoms with van der Waals surface area (Å²) in [6, 6.07) is 14.2. The monoisotopic (exact) mass is 557 g/mol. The van der Waals surface area contributed by atoms with Gasteiger partial charge >= 0.3 is 0 Å². The van der Waals surface area contributed by atoms with Crippen molar-refractivity contribution in [2.24, 2.45) is 4.99 Å². The minimum absolute atomic E-state index is 0. The van der Waals surface area contributed by atoms with E-state index in [1.54, 1.807) is 6.07 Å². The van der Waals surface area contributed by atoms with Gasteiger partial charge in [0.1, 0.15) is 18.2 Å². The van der Waals surface area contributed by atoms with Gasteiger partial charge in [-0.2, -0.15) is 0 Å². The smallest absolute Gasteiger partial charge is 0.191 e. The molecule has 32 heavy (non-hydrogen) atoms. The minimum Gasteiger partial charge on any atom is -0.489 e. The molecule has 6 nitrogen and oxygen atoms in total. The summed E-state index contributed by atoms with van der Waals surface area (Å²) in [5.74, 6) is 1.28. The number of rotatable bonds is 11. The van der Waals surface area contributed by atoms with E-state index in [4.69, 9.17) is 14.2 Å². The predicted molar refractivity (Wildman–Crippen MR) is 135 cm³/mol. The van der Waals surface area contributed by atoms with Gasteiger partial charge in [-0.1, -0.05) is 24.3 Å². The highest BCUT2D eigenvalue weighted by Gasteiger charge is 2.15. The molecule has 1 aliphatic heterocycles. The minimum atomic E-state index is -0.254. The lowest BCUT2D eigenvalue weighted by molar-refractivity contribution is 0.0420. The third-order valence-electron chi connectivity index (χ3n) is 4.84. The van der Waals surface area contributed by atoms with Crippen LogP contribution in [0.5, 0.6) is 5.75 Å². The van der Waals surface area contributed by atoms with Crippen molar-refractivity contribution in [1.29, 1.82) is 0 Å². The lowest BCUT2D eigenvalue weighted by Gasteiger charge is -2.13. The molecule has 1 unspecified atom stereocenters. The Hall–Kier alpha value is -1.91.